The van der Waals surface area contributed by atoms with Gasteiger partial charge >= 0.3 is 0 Å². The molecule has 34 heavy (non-hydrogen) atoms. The van der Waals surface area contributed by atoms with Gasteiger partial charge in [-0.05, 0) is 53.0 Å². The van der Waals surface area contributed by atoms with Gasteiger partial charge in [0.25, 0.3) is 5.91 Å². The first kappa shape index (κ1) is 22.8. The molecule has 3 aromatic rings. The summed E-state index contributed by atoms with van der Waals surface area (Å²) < 4.78 is 19.4. The van der Waals surface area contributed by atoms with Gasteiger partial charge in [0.2, 0.25) is 5.91 Å². The van der Waals surface area contributed by atoms with Crippen LogP contribution in [0.15, 0.2) is 41.5 Å². The molecule has 0 saturated heterocycles. The number of aromatic nitrogens is 2. The summed E-state index contributed by atoms with van der Waals surface area (Å²) in [5.74, 6) is -0.317. The molecule has 3 N–H and O–H groups in total. The number of hydrogen-bond acceptors (Lipinski definition) is 5. The molecule has 1 aliphatic rings. The molecule has 0 saturated carbocycles. The zero-order chi connectivity index (χ0) is 24.1. The number of rotatable bonds is 9. The van der Waals surface area contributed by atoms with Gasteiger partial charge in [-0.15, -0.1) is 0 Å². The Labute approximate surface area is 194 Å². The van der Waals surface area contributed by atoms with Crippen molar-refractivity contribution < 1.29 is 18.7 Å². The normalized spacial score (nSPS) is 11.2. The van der Waals surface area contributed by atoms with Crippen LogP contribution < -0.4 is 15.4 Å². The van der Waals surface area contributed by atoms with Gasteiger partial charge in [-0.1, -0.05) is 13.0 Å². The number of carbonyl (C=O) groups excluding carboxylic acids is 2. The predicted molar refractivity (Wildman–Crippen MR) is 123 cm³/mol. The van der Waals surface area contributed by atoms with Gasteiger partial charge in [0.05, 0.1) is 17.9 Å². The lowest BCUT2D eigenvalue weighted by Gasteiger charge is -2.12. The van der Waals surface area contributed by atoms with Gasteiger partial charge in [0.1, 0.15) is 11.6 Å². The number of azide groups is 1. The molecule has 1 aromatic heterocycles. The van der Waals surface area contributed by atoms with Crippen LogP contribution >= 0.6 is 0 Å². The van der Waals surface area contributed by atoms with Crippen LogP contribution in [0.3, 0.4) is 0 Å². The van der Waals surface area contributed by atoms with E-state index in [1.54, 1.807) is 31.2 Å². The fraction of sp³-hybridized carbons (Fsp3) is 0.261. The van der Waals surface area contributed by atoms with Crippen LogP contribution in [0.25, 0.3) is 21.7 Å². The number of H-pyrrole nitrogens is 1. The number of anilines is 2. The summed E-state index contributed by atoms with van der Waals surface area (Å²) in [6.07, 6.45) is 1.46. The molecule has 1 aliphatic carbocycles. The largest absolute Gasteiger partial charge is 0.493 e. The van der Waals surface area contributed by atoms with Crippen LogP contribution in [0.1, 0.15) is 41.3 Å². The zero-order valence-corrected chi connectivity index (χ0v) is 18.4. The zero-order valence-electron chi connectivity index (χ0n) is 18.4. The second kappa shape index (κ2) is 10.1. The molecule has 2 aromatic carbocycles. The number of benzene rings is 2. The maximum absolute atomic E-state index is 13.6. The van der Waals surface area contributed by atoms with E-state index in [2.05, 4.69) is 30.9 Å². The SMILES string of the molecule is CCC(=O)NCCCOc1cc2c(cc1C(=O)N=[N+]=[N-])-c1[nH]nc(Nc3cccc(F)c3)c1C2. The monoisotopic (exact) mass is 463 g/mol. The molecule has 0 atom stereocenters. The molecule has 0 bridgehead atoms. The fourth-order valence-electron chi connectivity index (χ4n) is 3.75. The maximum atomic E-state index is 13.6. The number of nitrogens with zero attached hydrogens (tertiary/aromatic N) is 4. The van der Waals surface area contributed by atoms with E-state index in [-0.39, 0.29) is 23.9 Å². The van der Waals surface area contributed by atoms with Gasteiger partial charge < -0.3 is 15.4 Å². The number of hydrogen-bond donors (Lipinski definition) is 3. The van der Waals surface area contributed by atoms with Crippen molar-refractivity contribution in [2.24, 2.45) is 5.11 Å². The van der Waals surface area contributed by atoms with E-state index in [1.165, 1.54) is 12.1 Å². The van der Waals surface area contributed by atoms with Crippen LogP contribution in [0.5, 0.6) is 5.75 Å². The number of amides is 2. The molecule has 174 valence electrons. The lowest BCUT2D eigenvalue weighted by Crippen LogP contribution is -2.24. The van der Waals surface area contributed by atoms with Crippen molar-refractivity contribution in [2.75, 3.05) is 18.5 Å². The Morgan fingerprint density at radius 3 is 2.94 bits per heavy atom. The molecule has 0 fully saturated rings. The molecule has 4 rings (SSSR count). The Morgan fingerprint density at radius 2 is 2.18 bits per heavy atom. The topological polar surface area (TPSA) is 145 Å². The number of ether oxygens (including phenoxy) is 1. The first-order valence-corrected chi connectivity index (χ1v) is 10.8. The molecule has 0 spiro atoms. The van der Waals surface area contributed by atoms with Crippen LogP contribution in [-0.2, 0) is 11.2 Å². The molecule has 0 aliphatic heterocycles. The van der Waals surface area contributed by atoms with Gasteiger partial charge in [0.15, 0.2) is 5.82 Å². The summed E-state index contributed by atoms with van der Waals surface area (Å²) in [6, 6.07) is 9.44. The minimum Gasteiger partial charge on any atom is -0.493 e. The first-order chi connectivity index (χ1) is 16.5. The maximum Gasteiger partial charge on any atom is 0.252 e. The minimum absolute atomic E-state index is 0.0471. The van der Waals surface area contributed by atoms with E-state index >= 15 is 0 Å². The van der Waals surface area contributed by atoms with Crippen LogP contribution in [0.4, 0.5) is 15.9 Å². The summed E-state index contributed by atoms with van der Waals surface area (Å²) in [5, 5.41) is 16.4. The third-order valence-electron chi connectivity index (χ3n) is 5.38. The first-order valence-electron chi connectivity index (χ1n) is 10.8. The molecule has 10 nitrogen and oxygen atoms in total. The molecular formula is C23H22FN7O3. The van der Waals surface area contributed by atoms with E-state index in [0.29, 0.717) is 43.1 Å². The molecule has 1 heterocycles. The summed E-state index contributed by atoms with van der Waals surface area (Å²) in [4.78, 5) is 26.4. The fourth-order valence-corrected chi connectivity index (χ4v) is 3.75. The number of aromatic amines is 1. The van der Waals surface area contributed by atoms with Gasteiger partial charge in [-0.25, -0.2) is 4.39 Å². The van der Waals surface area contributed by atoms with E-state index in [4.69, 9.17) is 10.3 Å². The highest BCUT2D eigenvalue weighted by atomic mass is 19.1. The summed E-state index contributed by atoms with van der Waals surface area (Å²) in [6.45, 7) is 2.48. The predicted octanol–water partition coefficient (Wildman–Crippen LogP) is 4.61. The Hall–Kier alpha value is -4.37. The lowest BCUT2D eigenvalue weighted by molar-refractivity contribution is -0.120. The quantitative estimate of drug-likeness (QED) is 0.144. The summed E-state index contributed by atoms with van der Waals surface area (Å²) in [7, 11) is 0. The van der Waals surface area contributed by atoms with Crippen LogP contribution in [0.2, 0.25) is 0 Å². The molecule has 11 heteroatoms. The number of halogens is 1. The number of carbonyl (C=O) groups is 2. The second-order valence-corrected chi connectivity index (χ2v) is 7.64. The Kier molecular flexibility index (Phi) is 6.74. The Bertz CT molecular complexity index is 1300. The van der Waals surface area contributed by atoms with E-state index in [0.717, 1.165) is 22.4 Å². The molecule has 0 unspecified atom stereocenters. The van der Waals surface area contributed by atoms with Crippen molar-refractivity contribution in [2.45, 2.75) is 26.2 Å². The molecule has 2 amide bonds. The highest BCUT2D eigenvalue weighted by Gasteiger charge is 2.28. The summed E-state index contributed by atoms with van der Waals surface area (Å²) >= 11 is 0. The minimum atomic E-state index is -0.759. The van der Waals surface area contributed by atoms with E-state index in [1.807, 2.05) is 0 Å². The Balaban J connectivity index is 1.57. The smallest absolute Gasteiger partial charge is 0.252 e. The van der Waals surface area contributed by atoms with Crippen molar-refractivity contribution in [1.82, 2.24) is 15.5 Å². The van der Waals surface area contributed by atoms with Crippen molar-refractivity contribution in [3.63, 3.8) is 0 Å². The molecule has 0 radical (unpaired) electrons. The summed E-state index contributed by atoms with van der Waals surface area (Å²) in [5.41, 5.74) is 12.7. The van der Waals surface area contributed by atoms with E-state index < -0.39 is 5.91 Å². The third-order valence-corrected chi connectivity index (χ3v) is 5.38. The third kappa shape index (κ3) is 4.84. The van der Waals surface area contributed by atoms with Gasteiger partial charge in [0, 0.05) is 41.1 Å². The average molecular weight is 463 g/mol. The van der Waals surface area contributed by atoms with Gasteiger partial charge in [-0.2, -0.15) is 5.10 Å². The van der Waals surface area contributed by atoms with Crippen LogP contribution in [-0.4, -0.2) is 35.2 Å². The van der Waals surface area contributed by atoms with Crippen molar-refractivity contribution in [3.05, 3.63) is 69.3 Å². The standard InChI is InChI=1S/C23H22FN7O3/c1-2-20(32)26-7-4-8-34-19-10-13-9-18-21(16(13)12-17(19)23(33)30-31-25)28-29-22(18)27-15-6-3-5-14(24)11-15/h3,5-6,10-12H,2,4,7-9H2,1H3,(H,26,32)(H2,27,28,29). The second-order valence-electron chi connectivity index (χ2n) is 7.64. The van der Waals surface area contributed by atoms with Crippen LogP contribution in [0, 0.1) is 5.82 Å². The van der Waals surface area contributed by atoms with Crippen molar-refractivity contribution in [1.29, 1.82) is 0 Å². The molecular weight excluding hydrogens is 441 g/mol. The van der Waals surface area contributed by atoms with Gasteiger partial charge in [-0.3, -0.25) is 14.7 Å². The van der Waals surface area contributed by atoms with E-state index in [9.17, 15) is 14.0 Å². The highest BCUT2D eigenvalue weighted by Crippen LogP contribution is 2.42. The highest BCUT2D eigenvalue weighted by molar-refractivity contribution is 6.00. The Morgan fingerprint density at radius 1 is 1.32 bits per heavy atom. The average Bonchev–Trinajstić information content (AvgIpc) is 3.37. The van der Waals surface area contributed by atoms with Crippen molar-refractivity contribution in [3.8, 4) is 17.0 Å². The number of fused-ring (bicyclic) bond motifs is 3. The van der Waals surface area contributed by atoms with Crippen molar-refractivity contribution >= 4 is 23.3 Å². The number of nitrogens with one attached hydrogen (secondary N) is 3. The lowest BCUT2D eigenvalue weighted by atomic mass is 10.0.